The zero-order valence-electron chi connectivity index (χ0n) is 10.9. The van der Waals surface area contributed by atoms with Gasteiger partial charge in [0.1, 0.15) is 0 Å². The number of anilines is 1. The van der Waals surface area contributed by atoms with Crippen molar-refractivity contribution in [1.29, 1.82) is 0 Å². The second-order valence-corrected chi connectivity index (χ2v) is 7.08. The minimum absolute atomic E-state index is 0.299. The number of nitrogens with two attached hydrogens (primary N) is 1. The third-order valence-electron chi connectivity index (χ3n) is 2.56. The molecule has 0 saturated heterocycles. The quantitative estimate of drug-likeness (QED) is 0.784. The van der Waals surface area contributed by atoms with Crippen LogP contribution in [0.5, 0.6) is 0 Å². The standard InChI is InChI=1S/C12H20N2O2S2/c1-9(8-17-3)7-14-18(15,16)12-5-4-11(13)6-10(12)2/h4-6,9,14H,7-8,13H2,1-3H3. The van der Waals surface area contributed by atoms with Crippen LogP contribution in [0, 0.1) is 12.8 Å². The number of benzene rings is 1. The molecule has 1 aromatic rings. The van der Waals surface area contributed by atoms with E-state index in [0.717, 1.165) is 5.75 Å². The Bertz CT molecular complexity index is 501. The van der Waals surface area contributed by atoms with Crippen molar-refractivity contribution >= 4 is 27.5 Å². The molecule has 0 aliphatic carbocycles. The van der Waals surface area contributed by atoms with E-state index in [4.69, 9.17) is 5.73 Å². The highest BCUT2D eigenvalue weighted by atomic mass is 32.2. The molecule has 18 heavy (non-hydrogen) atoms. The van der Waals surface area contributed by atoms with Crippen LogP contribution >= 0.6 is 11.8 Å². The van der Waals surface area contributed by atoms with E-state index >= 15 is 0 Å². The summed E-state index contributed by atoms with van der Waals surface area (Å²) in [6.07, 6.45) is 2.01. The molecule has 0 amide bonds. The molecule has 0 saturated carbocycles. The summed E-state index contributed by atoms with van der Waals surface area (Å²) < 4.78 is 26.9. The van der Waals surface area contributed by atoms with Gasteiger partial charge in [0.05, 0.1) is 4.90 Å². The summed E-state index contributed by atoms with van der Waals surface area (Å²) in [4.78, 5) is 0.299. The van der Waals surface area contributed by atoms with Gasteiger partial charge in [0.25, 0.3) is 0 Å². The lowest BCUT2D eigenvalue weighted by molar-refractivity contribution is 0.562. The molecule has 1 aromatic carbocycles. The van der Waals surface area contributed by atoms with Gasteiger partial charge < -0.3 is 5.73 Å². The molecule has 0 aliphatic rings. The van der Waals surface area contributed by atoms with Gasteiger partial charge >= 0.3 is 0 Å². The molecule has 1 atom stereocenters. The summed E-state index contributed by atoms with van der Waals surface area (Å²) in [5, 5.41) is 0. The van der Waals surface area contributed by atoms with Gasteiger partial charge in [0.2, 0.25) is 10.0 Å². The lowest BCUT2D eigenvalue weighted by Crippen LogP contribution is -2.29. The van der Waals surface area contributed by atoms with Crippen molar-refractivity contribution in [3.05, 3.63) is 23.8 Å². The molecule has 3 N–H and O–H groups in total. The first-order valence-corrected chi connectivity index (χ1v) is 8.59. The molecular weight excluding hydrogens is 268 g/mol. The van der Waals surface area contributed by atoms with E-state index in [1.165, 1.54) is 0 Å². The minimum Gasteiger partial charge on any atom is -0.399 e. The highest BCUT2D eigenvalue weighted by Crippen LogP contribution is 2.17. The number of aryl methyl sites for hydroxylation is 1. The van der Waals surface area contributed by atoms with Crippen molar-refractivity contribution in [2.24, 2.45) is 5.92 Å². The molecular formula is C12H20N2O2S2. The largest absolute Gasteiger partial charge is 0.399 e. The van der Waals surface area contributed by atoms with Crippen molar-refractivity contribution in [2.75, 3.05) is 24.3 Å². The zero-order valence-corrected chi connectivity index (χ0v) is 12.6. The Morgan fingerprint density at radius 2 is 2.11 bits per heavy atom. The van der Waals surface area contributed by atoms with Gasteiger partial charge in [-0.2, -0.15) is 11.8 Å². The molecule has 0 aromatic heterocycles. The minimum atomic E-state index is -3.44. The van der Waals surface area contributed by atoms with Gasteiger partial charge in [-0.25, -0.2) is 13.1 Å². The van der Waals surface area contributed by atoms with Crippen molar-refractivity contribution in [1.82, 2.24) is 4.72 Å². The highest BCUT2D eigenvalue weighted by molar-refractivity contribution is 7.98. The molecule has 0 aliphatic heterocycles. The number of sulfonamides is 1. The Kier molecular flexibility index (Phi) is 5.49. The van der Waals surface area contributed by atoms with Crippen molar-refractivity contribution in [3.63, 3.8) is 0 Å². The average molecular weight is 288 g/mol. The van der Waals surface area contributed by atoms with Crippen LogP contribution in [0.25, 0.3) is 0 Å². The smallest absolute Gasteiger partial charge is 0.240 e. The second-order valence-electron chi connectivity index (χ2n) is 4.44. The Morgan fingerprint density at radius 3 is 2.67 bits per heavy atom. The van der Waals surface area contributed by atoms with Crippen LogP contribution in [-0.2, 0) is 10.0 Å². The first-order valence-electron chi connectivity index (χ1n) is 5.71. The Balaban J connectivity index is 2.80. The maximum absolute atomic E-state index is 12.1. The number of nitrogens with one attached hydrogen (secondary N) is 1. The van der Waals surface area contributed by atoms with Crippen LogP contribution in [0.3, 0.4) is 0 Å². The van der Waals surface area contributed by atoms with Crippen molar-refractivity contribution in [3.8, 4) is 0 Å². The third kappa shape index (κ3) is 4.19. The van der Waals surface area contributed by atoms with E-state index in [2.05, 4.69) is 4.72 Å². The molecule has 1 unspecified atom stereocenters. The predicted molar refractivity (Wildman–Crippen MR) is 78.3 cm³/mol. The van der Waals surface area contributed by atoms with Crippen LogP contribution < -0.4 is 10.5 Å². The van der Waals surface area contributed by atoms with E-state index in [1.54, 1.807) is 36.9 Å². The van der Waals surface area contributed by atoms with E-state index < -0.39 is 10.0 Å². The molecule has 0 heterocycles. The molecule has 1 rings (SSSR count). The van der Waals surface area contributed by atoms with Crippen molar-refractivity contribution in [2.45, 2.75) is 18.7 Å². The number of thioether (sulfide) groups is 1. The molecule has 0 fully saturated rings. The monoisotopic (exact) mass is 288 g/mol. The van der Waals surface area contributed by atoms with Crippen LogP contribution in [0.1, 0.15) is 12.5 Å². The summed E-state index contributed by atoms with van der Waals surface area (Å²) in [5.74, 6) is 1.24. The molecule has 102 valence electrons. The maximum atomic E-state index is 12.1. The number of rotatable bonds is 6. The Hall–Kier alpha value is -0.720. The normalized spacial score (nSPS) is 13.5. The summed E-state index contributed by atoms with van der Waals surface area (Å²) in [5.41, 5.74) is 6.85. The SMILES string of the molecule is CSCC(C)CNS(=O)(=O)c1ccc(N)cc1C. The highest BCUT2D eigenvalue weighted by Gasteiger charge is 2.17. The van der Waals surface area contributed by atoms with Gasteiger partial charge in [0, 0.05) is 12.2 Å². The lowest BCUT2D eigenvalue weighted by atomic mass is 10.2. The molecule has 4 nitrogen and oxygen atoms in total. The average Bonchev–Trinajstić information content (AvgIpc) is 2.26. The first kappa shape index (κ1) is 15.3. The van der Waals surface area contributed by atoms with Crippen LogP contribution in [0.2, 0.25) is 0 Å². The second kappa shape index (κ2) is 6.45. The van der Waals surface area contributed by atoms with Gasteiger partial charge in [-0.1, -0.05) is 6.92 Å². The fourth-order valence-electron chi connectivity index (χ4n) is 1.65. The number of hydrogen-bond donors (Lipinski definition) is 2. The van der Waals surface area contributed by atoms with E-state index in [-0.39, 0.29) is 0 Å². The van der Waals surface area contributed by atoms with Gasteiger partial charge in [-0.15, -0.1) is 0 Å². The summed E-state index contributed by atoms with van der Waals surface area (Å²) in [7, 11) is -3.44. The van der Waals surface area contributed by atoms with Crippen LogP contribution in [-0.4, -0.2) is 27.0 Å². The first-order chi connectivity index (χ1) is 8.36. The molecule has 0 bridgehead atoms. The summed E-state index contributed by atoms with van der Waals surface area (Å²) in [6.45, 7) is 4.22. The third-order valence-corrected chi connectivity index (χ3v) is 5.05. The van der Waals surface area contributed by atoms with Crippen LogP contribution in [0.4, 0.5) is 5.69 Å². The topological polar surface area (TPSA) is 72.2 Å². The fraction of sp³-hybridized carbons (Fsp3) is 0.500. The predicted octanol–water partition coefficient (Wildman–Crippen LogP) is 1.85. The lowest BCUT2D eigenvalue weighted by Gasteiger charge is -2.13. The zero-order chi connectivity index (χ0) is 13.8. The van der Waals surface area contributed by atoms with Crippen LogP contribution in [0.15, 0.2) is 23.1 Å². The Labute approximate surface area is 113 Å². The molecule has 0 spiro atoms. The maximum Gasteiger partial charge on any atom is 0.240 e. The molecule has 0 radical (unpaired) electrons. The number of hydrogen-bond acceptors (Lipinski definition) is 4. The van der Waals surface area contributed by atoms with E-state index in [9.17, 15) is 8.42 Å². The van der Waals surface area contributed by atoms with Gasteiger partial charge in [0.15, 0.2) is 0 Å². The Morgan fingerprint density at radius 1 is 1.44 bits per heavy atom. The van der Waals surface area contributed by atoms with Gasteiger partial charge in [-0.3, -0.25) is 0 Å². The van der Waals surface area contributed by atoms with E-state index in [1.807, 2.05) is 13.2 Å². The van der Waals surface area contributed by atoms with Gasteiger partial charge in [-0.05, 0) is 48.6 Å². The fourth-order valence-corrected chi connectivity index (χ4v) is 3.72. The molecule has 6 heteroatoms. The van der Waals surface area contributed by atoms with Crippen molar-refractivity contribution < 1.29 is 8.42 Å². The summed E-state index contributed by atoms with van der Waals surface area (Å²) in [6, 6.07) is 4.82. The number of nitrogen functional groups attached to an aromatic ring is 1. The van der Waals surface area contributed by atoms with E-state index in [0.29, 0.717) is 28.6 Å². The summed E-state index contributed by atoms with van der Waals surface area (Å²) >= 11 is 1.71.